The van der Waals surface area contributed by atoms with Crippen LogP contribution in [0.25, 0.3) is 0 Å². The number of rotatable bonds is 4. The lowest BCUT2D eigenvalue weighted by Crippen LogP contribution is -2.22. The van der Waals surface area contributed by atoms with Crippen LogP contribution in [0, 0.1) is 12.3 Å². The van der Waals surface area contributed by atoms with Gasteiger partial charge in [0.15, 0.2) is 0 Å². The van der Waals surface area contributed by atoms with Gasteiger partial charge in [-0.1, -0.05) is 34.6 Å². The van der Waals surface area contributed by atoms with Crippen LogP contribution in [0.1, 0.15) is 51.9 Å². The molecule has 0 bridgehead atoms. The first-order chi connectivity index (χ1) is 8.24. The van der Waals surface area contributed by atoms with Gasteiger partial charge in [0.1, 0.15) is 17.5 Å². The van der Waals surface area contributed by atoms with E-state index in [4.69, 9.17) is 5.84 Å². The average Bonchev–Trinajstić information content (AvgIpc) is 2.26. The normalized spacial score (nSPS) is 11.8. The molecule has 5 nitrogen and oxygen atoms in total. The Balaban J connectivity index is 3.05. The molecule has 1 heterocycles. The summed E-state index contributed by atoms with van der Waals surface area (Å²) in [6.07, 6.45) is 0. The number of nitrogens with two attached hydrogens (primary N) is 1. The molecule has 0 unspecified atom stereocenters. The molecule has 0 saturated heterocycles. The maximum atomic E-state index is 5.50. The van der Waals surface area contributed by atoms with E-state index in [-0.39, 0.29) is 11.3 Å². The summed E-state index contributed by atoms with van der Waals surface area (Å²) in [4.78, 5) is 8.97. The summed E-state index contributed by atoms with van der Waals surface area (Å²) >= 11 is 0. The molecule has 4 N–H and O–H groups in total. The van der Waals surface area contributed by atoms with Crippen molar-refractivity contribution in [2.24, 2.45) is 11.3 Å². The Labute approximate surface area is 110 Å². The average molecular weight is 251 g/mol. The molecule has 1 rings (SSSR count). The van der Waals surface area contributed by atoms with Gasteiger partial charge in [0.05, 0.1) is 0 Å². The van der Waals surface area contributed by atoms with Crippen LogP contribution in [0.5, 0.6) is 0 Å². The van der Waals surface area contributed by atoms with E-state index >= 15 is 0 Å². The van der Waals surface area contributed by atoms with Crippen molar-refractivity contribution in [1.82, 2.24) is 9.97 Å². The topological polar surface area (TPSA) is 75.9 Å². The molecule has 0 aliphatic heterocycles. The van der Waals surface area contributed by atoms with Gasteiger partial charge in [0, 0.05) is 18.0 Å². The molecule has 18 heavy (non-hydrogen) atoms. The van der Waals surface area contributed by atoms with E-state index in [1.54, 1.807) is 0 Å². The number of hydrogen-bond acceptors (Lipinski definition) is 5. The molecule has 0 aliphatic rings. The summed E-state index contributed by atoms with van der Waals surface area (Å²) in [5.74, 6) is 8.11. The molecule has 0 atom stereocenters. The molecular formula is C13H25N5. The predicted octanol–water partition coefficient (Wildman–Crippen LogP) is 2.65. The molecular weight excluding hydrogens is 226 g/mol. The van der Waals surface area contributed by atoms with E-state index in [2.05, 4.69) is 55.3 Å². The van der Waals surface area contributed by atoms with Crippen molar-refractivity contribution in [3.63, 3.8) is 0 Å². The summed E-state index contributed by atoms with van der Waals surface area (Å²) in [6.45, 7) is 13.5. The minimum Gasteiger partial charge on any atom is -0.369 e. The van der Waals surface area contributed by atoms with E-state index in [0.717, 1.165) is 23.8 Å². The Hall–Kier alpha value is -1.36. The Morgan fingerprint density at radius 1 is 1.17 bits per heavy atom. The molecule has 0 spiro atoms. The Morgan fingerprint density at radius 2 is 1.72 bits per heavy atom. The third-order valence-corrected chi connectivity index (χ3v) is 2.60. The lowest BCUT2D eigenvalue weighted by Gasteiger charge is -2.21. The van der Waals surface area contributed by atoms with E-state index in [9.17, 15) is 0 Å². The third kappa shape index (κ3) is 3.84. The molecule has 0 radical (unpaired) electrons. The highest BCUT2D eigenvalue weighted by atomic mass is 15.3. The van der Waals surface area contributed by atoms with Gasteiger partial charge >= 0.3 is 0 Å². The van der Waals surface area contributed by atoms with Crippen molar-refractivity contribution in [2.75, 3.05) is 17.3 Å². The smallest absolute Gasteiger partial charge is 0.148 e. The summed E-state index contributed by atoms with van der Waals surface area (Å²) in [5, 5.41) is 3.38. The number of aromatic nitrogens is 2. The van der Waals surface area contributed by atoms with Crippen molar-refractivity contribution in [3.05, 3.63) is 11.4 Å². The number of nitrogen functional groups attached to an aromatic ring is 1. The lowest BCUT2D eigenvalue weighted by atomic mass is 9.97. The highest BCUT2D eigenvalue weighted by Crippen LogP contribution is 2.23. The molecule has 1 aromatic heterocycles. The first kappa shape index (κ1) is 14.7. The number of hydrazine groups is 1. The Morgan fingerprint density at radius 3 is 2.17 bits per heavy atom. The van der Waals surface area contributed by atoms with Gasteiger partial charge in [0.25, 0.3) is 0 Å². The zero-order valence-electron chi connectivity index (χ0n) is 12.3. The van der Waals surface area contributed by atoms with Gasteiger partial charge in [-0.25, -0.2) is 15.8 Å². The fraction of sp³-hybridized carbons (Fsp3) is 0.692. The second-order valence-corrected chi connectivity index (χ2v) is 6.12. The van der Waals surface area contributed by atoms with Crippen LogP contribution < -0.4 is 16.6 Å². The predicted molar refractivity (Wildman–Crippen MR) is 76.6 cm³/mol. The first-order valence-electron chi connectivity index (χ1n) is 6.33. The SMILES string of the molecule is Cc1c(NN)nc(C(C)C)nc1NCC(C)(C)C. The summed E-state index contributed by atoms with van der Waals surface area (Å²) < 4.78 is 0. The van der Waals surface area contributed by atoms with E-state index in [0.29, 0.717) is 5.82 Å². The Kier molecular flexibility index (Phi) is 4.51. The quantitative estimate of drug-likeness (QED) is 0.566. The minimum atomic E-state index is 0.200. The highest BCUT2D eigenvalue weighted by molar-refractivity contribution is 5.56. The molecule has 0 aliphatic carbocycles. The fourth-order valence-corrected chi connectivity index (χ4v) is 1.45. The minimum absolute atomic E-state index is 0.200. The van der Waals surface area contributed by atoms with Gasteiger partial charge in [-0.2, -0.15) is 0 Å². The molecule has 0 saturated carbocycles. The zero-order chi connectivity index (χ0) is 13.9. The summed E-state index contributed by atoms with van der Waals surface area (Å²) in [6, 6.07) is 0. The van der Waals surface area contributed by atoms with Crippen LogP contribution in [0.3, 0.4) is 0 Å². The van der Waals surface area contributed by atoms with Crippen LogP contribution >= 0.6 is 0 Å². The van der Waals surface area contributed by atoms with Crippen LogP contribution in [0.4, 0.5) is 11.6 Å². The van der Waals surface area contributed by atoms with Gasteiger partial charge in [-0.3, -0.25) is 0 Å². The Bertz CT molecular complexity index is 407. The van der Waals surface area contributed by atoms with E-state index < -0.39 is 0 Å². The van der Waals surface area contributed by atoms with Crippen LogP contribution in [-0.4, -0.2) is 16.5 Å². The number of nitrogens with one attached hydrogen (secondary N) is 2. The van der Waals surface area contributed by atoms with Gasteiger partial charge < -0.3 is 10.7 Å². The fourth-order valence-electron chi connectivity index (χ4n) is 1.45. The van der Waals surface area contributed by atoms with Gasteiger partial charge in [-0.15, -0.1) is 0 Å². The van der Waals surface area contributed by atoms with Crippen molar-refractivity contribution in [3.8, 4) is 0 Å². The molecule has 102 valence electrons. The van der Waals surface area contributed by atoms with Crippen molar-refractivity contribution in [2.45, 2.75) is 47.5 Å². The maximum Gasteiger partial charge on any atom is 0.148 e. The molecule has 0 amide bonds. The highest BCUT2D eigenvalue weighted by Gasteiger charge is 2.15. The van der Waals surface area contributed by atoms with Crippen molar-refractivity contribution in [1.29, 1.82) is 0 Å². The second-order valence-electron chi connectivity index (χ2n) is 6.12. The number of nitrogens with zero attached hydrogens (tertiary/aromatic N) is 2. The summed E-state index contributed by atoms with van der Waals surface area (Å²) in [5.41, 5.74) is 3.79. The maximum absolute atomic E-state index is 5.50. The number of anilines is 2. The molecule has 5 heteroatoms. The monoisotopic (exact) mass is 251 g/mol. The summed E-state index contributed by atoms with van der Waals surface area (Å²) in [7, 11) is 0. The van der Waals surface area contributed by atoms with Crippen LogP contribution in [0.15, 0.2) is 0 Å². The molecule has 0 fully saturated rings. The second kappa shape index (κ2) is 5.52. The van der Waals surface area contributed by atoms with Crippen molar-refractivity contribution < 1.29 is 0 Å². The largest absolute Gasteiger partial charge is 0.369 e. The van der Waals surface area contributed by atoms with Gasteiger partial charge in [-0.05, 0) is 12.3 Å². The zero-order valence-corrected chi connectivity index (χ0v) is 12.3. The van der Waals surface area contributed by atoms with Crippen LogP contribution in [0.2, 0.25) is 0 Å². The van der Waals surface area contributed by atoms with E-state index in [1.807, 2.05) is 6.92 Å². The molecule has 1 aromatic rings. The first-order valence-corrected chi connectivity index (χ1v) is 6.33. The van der Waals surface area contributed by atoms with E-state index in [1.165, 1.54) is 0 Å². The van der Waals surface area contributed by atoms with Crippen molar-refractivity contribution >= 4 is 11.6 Å². The van der Waals surface area contributed by atoms with Crippen LogP contribution in [-0.2, 0) is 0 Å². The molecule has 0 aromatic carbocycles. The third-order valence-electron chi connectivity index (χ3n) is 2.60. The lowest BCUT2D eigenvalue weighted by molar-refractivity contribution is 0.442. The van der Waals surface area contributed by atoms with Gasteiger partial charge in [0.2, 0.25) is 0 Å². The standard InChI is InChI=1S/C13H25N5/c1-8(2)10-16-11(15-7-13(4,5)6)9(3)12(17-10)18-14/h8H,7,14H2,1-6H3,(H2,15,16,17,18). The number of hydrogen-bond donors (Lipinski definition) is 3.